The maximum absolute atomic E-state index is 12.0. The second-order valence-corrected chi connectivity index (χ2v) is 5.92. The summed E-state index contributed by atoms with van der Waals surface area (Å²) in [6.07, 6.45) is -1.56. The van der Waals surface area contributed by atoms with Gasteiger partial charge in [0.25, 0.3) is 0 Å². The van der Waals surface area contributed by atoms with Crippen molar-refractivity contribution in [2.75, 3.05) is 37.1 Å². The van der Waals surface area contributed by atoms with E-state index in [4.69, 9.17) is 24.1 Å². The molecule has 30 heavy (non-hydrogen) atoms. The monoisotopic (exact) mass is 419 g/mol. The molecule has 10 heteroatoms. The SMILES string of the molecule is C=CC(=[OH+])OCCOC(=O)Nc1cccc2c(NC(=O)OCC(O)CO)cccc12. The Balaban J connectivity index is 2.02. The van der Waals surface area contributed by atoms with Gasteiger partial charge in [-0.15, -0.1) is 0 Å². The minimum atomic E-state index is -1.16. The zero-order chi connectivity index (χ0) is 21.9. The molecule has 0 aliphatic rings. The summed E-state index contributed by atoms with van der Waals surface area (Å²) in [6.45, 7) is 2.32. The lowest BCUT2D eigenvalue weighted by molar-refractivity contribution is 0.0362. The van der Waals surface area contributed by atoms with E-state index in [0.717, 1.165) is 6.08 Å². The highest BCUT2D eigenvalue weighted by Gasteiger charge is 2.13. The number of rotatable bonds is 9. The molecule has 10 nitrogen and oxygen atoms in total. The Morgan fingerprint density at radius 2 is 1.53 bits per heavy atom. The second kappa shape index (κ2) is 11.4. The molecule has 2 aromatic rings. The highest BCUT2D eigenvalue weighted by atomic mass is 16.6. The van der Waals surface area contributed by atoms with Crippen LogP contribution in [0, 0.1) is 0 Å². The first-order chi connectivity index (χ1) is 14.4. The van der Waals surface area contributed by atoms with E-state index < -0.39 is 24.9 Å². The van der Waals surface area contributed by atoms with Gasteiger partial charge in [0, 0.05) is 10.8 Å². The van der Waals surface area contributed by atoms with Crippen LogP contribution in [0.25, 0.3) is 10.8 Å². The van der Waals surface area contributed by atoms with Gasteiger partial charge >= 0.3 is 18.2 Å². The Bertz CT molecular complexity index is 915. The lowest BCUT2D eigenvalue weighted by atomic mass is 10.1. The van der Waals surface area contributed by atoms with E-state index in [1.807, 2.05) is 0 Å². The van der Waals surface area contributed by atoms with Gasteiger partial charge in [-0.1, -0.05) is 30.8 Å². The third kappa shape index (κ3) is 6.76. The number of aliphatic hydroxyl groups excluding tert-OH is 2. The van der Waals surface area contributed by atoms with Crippen LogP contribution in [0.4, 0.5) is 21.0 Å². The molecule has 2 rings (SSSR count). The highest BCUT2D eigenvalue weighted by Crippen LogP contribution is 2.29. The first-order valence-corrected chi connectivity index (χ1v) is 8.94. The van der Waals surface area contributed by atoms with Crippen molar-refractivity contribution in [1.82, 2.24) is 0 Å². The van der Waals surface area contributed by atoms with Gasteiger partial charge in [-0.05, 0) is 12.1 Å². The van der Waals surface area contributed by atoms with E-state index in [0.29, 0.717) is 22.1 Å². The van der Waals surface area contributed by atoms with Crippen molar-refractivity contribution >= 4 is 40.3 Å². The standard InChI is InChI=1S/C20H22N2O8/c1-2-18(25)28-9-10-29-19(26)21-16-7-3-6-15-14(16)5-4-8-17(15)22-20(27)30-12-13(24)11-23/h2-8,13,23-24H,1,9-12H2,(H,21,26)(H,22,27)/p+1. The Labute approximate surface area is 172 Å². The quantitative estimate of drug-likeness (QED) is 0.160. The van der Waals surface area contributed by atoms with Crippen molar-refractivity contribution in [2.45, 2.75) is 6.10 Å². The highest BCUT2D eigenvalue weighted by molar-refractivity contribution is 6.07. The molecule has 0 aliphatic heterocycles. The normalized spacial score (nSPS) is 11.3. The van der Waals surface area contributed by atoms with E-state index in [1.54, 1.807) is 36.4 Å². The zero-order valence-electron chi connectivity index (χ0n) is 16.0. The predicted molar refractivity (Wildman–Crippen MR) is 110 cm³/mol. The molecular weight excluding hydrogens is 396 g/mol. The maximum atomic E-state index is 12.0. The average molecular weight is 419 g/mol. The molecule has 0 saturated heterocycles. The fourth-order valence-electron chi connectivity index (χ4n) is 2.38. The molecule has 1 atom stereocenters. The first-order valence-electron chi connectivity index (χ1n) is 8.94. The zero-order valence-corrected chi connectivity index (χ0v) is 16.0. The molecule has 0 fully saturated rings. The van der Waals surface area contributed by atoms with Gasteiger partial charge in [0.05, 0.1) is 24.1 Å². The third-order valence-electron chi connectivity index (χ3n) is 3.75. The van der Waals surface area contributed by atoms with E-state index in [-0.39, 0.29) is 25.8 Å². The number of anilines is 2. The van der Waals surface area contributed by atoms with Crippen LogP contribution in [-0.4, -0.2) is 65.7 Å². The summed E-state index contributed by atoms with van der Waals surface area (Å²) in [5.74, 6) is -0.363. The molecule has 0 spiro atoms. The molecule has 2 aromatic carbocycles. The number of hydrogen-bond acceptors (Lipinski definition) is 7. The van der Waals surface area contributed by atoms with E-state index >= 15 is 0 Å². The fourth-order valence-corrected chi connectivity index (χ4v) is 2.38. The summed E-state index contributed by atoms with van der Waals surface area (Å²) in [4.78, 5) is 33.0. The summed E-state index contributed by atoms with van der Waals surface area (Å²) < 4.78 is 14.6. The van der Waals surface area contributed by atoms with Crippen LogP contribution in [0.2, 0.25) is 0 Å². The number of esters is 1. The number of hydrogen-bond donors (Lipinski definition) is 4. The van der Waals surface area contributed by atoms with Crippen LogP contribution in [0.15, 0.2) is 49.1 Å². The van der Waals surface area contributed by atoms with Crippen molar-refractivity contribution in [3.05, 3.63) is 49.1 Å². The summed E-state index contributed by atoms with van der Waals surface area (Å²) in [7, 11) is 0. The summed E-state index contributed by atoms with van der Waals surface area (Å²) in [5, 5.41) is 24.4. The Morgan fingerprint density at radius 1 is 1.00 bits per heavy atom. The van der Waals surface area contributed by atoms with Crippen LogP contribution < -0.4 is 10.6 Å². The van der Waals surface area contributed by atoms with Crippen LogP contribution >= 0.6 is 0 Å². The molecule has 0 aromatic heterocycles. The molecule has 5 N–H and O–H groups in total. The number of aliphatic hydroxyl groups is 2. The Morgan fingerprint density at radius 3 is 2.07 bits per heavy atom. The second-order valence-electron chi connectivity index (χ2n) is 5.92. The van der Waals surface area contributed by atoms with E-state index in [2.05, 4.69) is 17.2 Å². The van der Waals surface area contributed by atoms with Crippen LogP contribution in [0.1, 0.15) is 0 Å². The van der Waals surface area contributed by atoms with Crippen LogP contribution in [0.5, 0.6) is 0 Å². The van der Waals surface area contributed by atoms with Gasteiger partial charge in [-0.25, -0.2) is 9.59 Å². The number of carbonyl (C=O) groups excluding carboxylic acids is 3. The molecule has 0 heterocycles. The van der Waals surface area contributed by atoms with E-state index in [1.165, 1.54) is 0 Å². The number of nitrogens with one attached hydrogen (secondary N) is 2. The van der Waals surface area contributed by atoms with Crippen molar-refractivity contribution in [3.8, 4) is 0 Å². The molecule has 0 radical (unpaired) electrons. The van der Waals surface area contributed by atoms with Crippen molar-refractivity contribution in [2.24, 2.45) is 0 Å². The number of ether oxygens (including phenoxy) is 3. The summed E-state index contributed by atoms with van der Waals surface area (Å²) >= 11 is 0. The number of amides is 2. The lowest BCUT2D eigenvalue weighted by Crippen LogP contribution is -2.24. The molecule has 160 valence electrons. The lowest BCUT2D eigenvalue weighted by Gasteiger charge is -2.13. The molecule has 0 bridgehead atoms. The molecule has 2 amide bonds. The van der Waals surface area contributed by atoms with Crippen molar-refractivity contribution in [3.63, 3.8) is 0 Å². The molecular formula is C20H23N2O8+. The minimum Gasteiger partial charge on any atom is -0.446 e. The van der Waals surface area contributed by atoms with Gasteiger partial charge in [-0.2, -0.15) is 0 Å². The maximum Gasteiger partial charge on any atom is 0.509 e. The molecule has 0 aliphatic carbocycles. The Hall–Kier alpha value is -3.63. The number of benzene rings is 2. The number of carbonyl (C=O) groups is 2. The van der Waals surface area contributed by atoms with Gasteiger partial charge in [0.2, 0.25) is 6.61 Å². The number of fused-ring (bicyclic) bond motifs is 1. The van der Waals surface area contributed by atoms with Gasteiger partial charge < -0.3 is 29.2 Å². The van der Waals surface area contributed by atoms with Gasteiger partial charge in [0.1, 0.15) is 12.7 Å². The smallest absolute Gasteiger partial charge is 0.446 e. The van der Waals surface area contributed by atoms with Gasteiger partial charge in [0.15, 0.2) is 6.61 Å². The van der Waals surface area contributed by atoms with Crippen LogP contribution in [-0.2, 0) is 14.2 Å². The topological polar surface area (TPSA) is 148 Å². The Kier molecular flexibility index (Phi) is 8.60. The van der Waals surface area contributed by atoms with Crippen molar-refractivity contribution < 1.29 is 38.8 Å². The first kappa shape index (κ1) is 22.7. The molecule has 0 saturated carbocycles. The van der Waals surface area contributed by atoms with Crippen LogP contribution in [0.3, 0.4) is 0 Å². The largest absolute Gasteiger partial charge is 0.509 e. The summed E-state index contributed by atoms with van der Waals surface area (Å²) in [5.41, 5.74) is 0.878. The average Bonchev–Trinajstić information content (AvgIpc) is 2.75. The van der Waals surface area contributed by atoms with Gasteiger partial charge in [-0.3, -0.25) is 10.6 Å². The van der Waals surface area contributed by atoms with E-state index in [9.17, 15) is 14.7 Å². The molecule has 1 unspecified atom stereocenters. The summed E-state index contributed by atoms with van der Waals surface area (Å²) in [6, 6.07) is 10.2. The minimum absolute atomic E-state index is 0.0397. The van der Waals surface area contributed by atoms with Crippen molar-refractivity contribution in [1.29, 1.82) is 0 Å². The fraction of sp³-hybridized carbons (Fsp3) is 0.250. The predicted octanol–water partition coefficient (Wildman–Crippen LogP) is 1.99. The third-order valence-corrected chi connectivity index (χ3v) is 3.75.